The minimum atomic E-state index is -0.905. The average molecular weight is 161 g/mol. The van der Waals surface area contributed by atoms with Gasteiger partial charge in [0, 0.05) is 6.04 Å². The molecule has 11 heavy (non-hydrogen) atoms. The van der Waals surface area contributed by atoms with E-state index in [4.69, 9.17) is 10.2 Å². The van der Waals surface area contributed by atoms with Gasteiger partial charge in [0.2, 0.25) is 0 Å². The maximum absolute atomic E-state index is 10.3. The standard InChI is InChI=1S/C7H15NO3/c1-4(6(3)9)8-5(2)7(10)11/h4-6,8-9H,1-3H3,(H,10,11)/t4?,5-,6?/m1/s1. The molecule has 0 spiro atoms. The Balaban J connectivity index is 3.75. The summed E-state index contributed by atoms with van der Waals surface area (Å²) in [6.45, 7) is 4.90. The number of aliphatic hydroxyl groups is 1. The molecular formula is C7H15NO3. The van der Waals surface area contributed by atoms with E-state index in [1.807, 2.05) is 0 Å². The average Bonchev–Trinajstić information content (AvgIpc) is 1.87. The van der Waals surface area contributed by atoms with E-state index in [1.165, 1.54) is 0 Å². The topological polar surface area (TPSA) is 69.6 Å². The van der Waals surface area contributed by atoms with Gasteiger partial charge in [0.05, 0.1) is 6.10 Å². The van der Waals surface area contributed by atoms with Crippen molar-refractivity contribution >= 4 is 5.97 Å². The highest BCUT2D eigenvalue weighted by Crippen LogP contribution is 1.93. The molecule has 3 atom stereocenters. The van der Waals surface area contributed by atoms with Crippen LogP contribution in [0, 0.1) is 0 Å². The van der Waals surface area contributed by atoms with Gasteiger partial charge < -0.3 is 10.2 Å². The Kier molecular flexibility index (Phi) is 4.07. The summed E-state index contributed by atoms with van der Waals surface area (Å²) in [4.78, 5) is 10.3. The van der Waals surface area contributed by atoms with Gasteiger partial charge in [-0.1, -0.05) is 0 Å². The van der Waals surface area contributed by atoms with Crippen LogP contribution in [0.3, 0.4) is 0 Å². The van der Waals surface area contributed by atoms with Crippen molar-refractivity contribution in [3.05, 3.63) is 0 Å². The molecule has 0 saturated heterocycles. The third-order valence-electron chi connectivity index (χ3n) is 1.61. The summed E-state index contributed by atoms with van der Waals surface area (Å²) in [6.07, 6.45) is -0.531. The number of aliphatic carboxylic acids is 1. The minimum Gasteiger partial charge on any atom is -0.480 e. The first-order chi connectivity index (χ1) is 4.95. The number of carbonyl (C=O) groups is 1. The number of carboxylic acids is 1. The van der Waals surface area contributed by atoms with Gasteiger partial charge in [-0.15, -0.1) is 0 Å². The summed E-state index contributed by atoms with van der Waals surface area (Å²) in [6, 6.07) is -0.805. The molecule has 4 heteroatoms. The van der Waals surface area contributed by atoms with Crippen LogP contribution >= 0.6 is 0 Å². The van der Waals surface area contributed by atoms with Crippen LogP contribution in [-0.4, -0.2) is 34.4 Å². The normalized spacial score (nSPS) is 18.9. The van der Waals surface area contributed by atoms with Crippen molar-refractivity contribution in [3.8, 4) is 0 Å². The van der Waals surface area contributed by atoms with Gasteiger partial charge in [-0.2, -0.15) is 0 Å². The molecule has 0 radical (unpaired) electrons. The number of hydrogen-bond donors (Lipinski definition) is 3. The highest BCUT2D eigenvalue weighted by molar-refractivity contribution is 5.72. The van der Waals surface area contributed by atoms with E-state index >= 15 is 0 Å². The highest BCUT2D eigenvalue weighted by Gasteiger charge is 2.16. The van der Waals surface area contributed by atoms with Gasteiger partial charge in [0.25, 0.3) is 0 Å². The Bertz CT molecular complexity index is 136. The zero-order valence-corrected chi connectivity index (χ0v) is 7.03. The van der Waals surface area contributed by atoms with E-state index in [9.17, 15) is 4.79 Å². The van der Waals surface area contributed by atoms with E-state index in [2.05, 4.69) is 5.32 Å². The van der Waals surface area contributed by atoms with E-state index in [0.29, 0.717) is 0 Å². The first kappa shape index (κ1) is 10.4. The molecule has 0 fully saturated rings. The molecule has 0 bridgehead atoms. The summed E-state index contributed by atoms with van der Waals surface area (Å²) < 4.78 is 0. The summed E-state index contributed by atoms with van der Waals surface area (Å²) in [5.74, 6) is -0.905. The second-order valence-electron chi connectivity index (χ2n) is 2.76. The van der Waals surface area contributed by atoms with Crippen molar-refractivity contribution < 1.29 is 15.0 Å². The van der Waals surface area contributed by atoms with Gasteiger partial charge in [0.15, 0.2) is 0 Å². The monoisotopic (exact) mass is 161 g/mol. The van der Waals surface area contributed by atoms with Crippen LogP contribution in [0.2, 0.25) is 0 Å². The Morgan fingerprint density at radius 1 is 1.36 bits per heavy atom. The second-order valence-corrected chi connectivity index (χ2v) is 2.76. The molecule has 0 saturated carbocycles. The number of nitrogens with one attached hydrogen (secondary N) is 1. The fourth-order valence-electron chi connectivity index (χ4n) is 0.605. The van der Waals surface area contributed by atoms with Crippen LogP contribution in [0.4, 0.5) is 0 Å². The van der Waals surface area contributed by atoms with Crippen molar-refractivity contribution in [1.29, 1.82) is 0 Å². The summed E-state index contributed by atoms with van der Waals surface area (Å²) >= 11 is 0. The molecule has 0 rings (SSSR count). The fourth-order valence-corrected chi connectivity index (χ4v) is 0.605. The van der Waals surface area contributed by atoms with Gasteiger partial charge in [-0.05, 0) is 20.8 Å². The van der Waals surface area contributed by atoms with Crippen molar-refractivity contribution in [2.24, 2.45) is 0 Å². The maximum atomic E-state index is 10.3. The molecule has 0 aromatic rings. The Morgan fingerprint density at radius 2 is 1.82 bits per heavy atom. The van der Waals surface area contributed by atoms with E-state index in [0.717, 1.165) is 0 Å². The van der Waals surface area contributed by atoms with E-state index in [1.54, 1.807) is 20.8 Å². The quantitative estimate of drug-likeness (QED) is 0.535. The SMILES string of the molecule is CC(O)C(C)N[C@H](C)C(=O)O. The van der Waals surface area contributed by atoms with Gasteiger partial charge in [0.1, 0.15) is 6.04 Å². The lowest BCUT2D eigenvalue weighted by atomic mass is 10.2. The molecule has 0 aliphatic carbocycles. The second kappa shape index (κ2) is 4.31. The summed E-state index contributed by atoms with van der Waals surface area (Å²) in [7, 11) is 0. The number of hydrogen-bond acceptors (Lipinski definition) is 3. The van der Waals surface area contributed by atoms with Crippen molar-refractivity contribution in [1.82, 2.24) is 5.32 Å². The zero-order valence-electron chi connectivity index (χ0n) is 7.03. The van der Waals surface area contributed by atoms with Crippen LogP contribution in [0.15, 0.2) is 0 Å². The minimum absolute atomic E-state index is 0.193. The molecule has 0 aromatic carbocycles. The third kappa shape index (κ3) is 3.95. The lowest BCUT2D eigenvalue weighted by Gasteiger charge is -2.19. The lowest BCUT2D eigenvalue weighted by Crippen LogP contribution is -2.44. The molecule has 0 aromatic heterocycles. The number of aliphatic hydroxyl groups excluding tert-OH is 1. The molecule has 0 aliphatic heterocycles. The Morgan fingerprint density at radius 3 is 2.09 bits per heavy atom. The number of rotatable bonds is 4. The van der Waals surface area contributed by atoms with Crippen LogP contribution in [0.25, 0.3) is 0 Å². The van der Waals surface area contributed by atoms with Gasteiger partial charge in [-0.3, -0.25) is 10.1 Å². The predicted molar refractivity (Wildman–Crippen MR) is 41.4 cm³/mol. The van der Waals surface area contributed by atoms with Gasteiger partial charge >= 0.3 is 5.97 Å². The van der Waals surface area contributed by atoms with Crippen molar-refractivity contribution in [2.75, 3.05) is 0 Å². The molecule has 0 aliphatic rings. The molecule has 2 unspecified atom stereocenters. The Hall–Kier alpha value is -0.610. The van der Waals surface area contributed by atoms with Crippen LogP contribution < -0.4 is 5.32 Å². The van der Waals surface area contributed by atoms with E-state index in [-0.39, 0.29) is 6.04 Å². The van der Waals surface area contributed by atoms with Crippen LogP contribution in [0.1, 0.15) is 20.8 Å². The van der Waals surface area contributed by atoms with Crippen molar-refractivity contribution in [3.63, 3.8) is 0 Å². The molecule has 66 valence electrons. The molecule has 0 amide bonds. The van der Waals surface area contributed by atoms with Crippen molar-refractivity contribution in [2.45, 2.75) is 39.0 Å². The first-order valence-electron chi connectivity index (χ1n) is 3.62. The molecule has 3 N–H and O–H groups in total. The Labute approximate surface area is 66.2 Å². The first-order valence-corrected chi connectivity index (χ1v) is 3.62. The fraction of sp³-hybridized carbons (Fsp3) is 0.857. The lowest BCUT2D eigenvalue weighted by molar-refractivity contribution is -0.139. The molecular weight excluding hydrogens is 146 g/mol. The van der Waals surface area contributed by atoms with Crippen LogP contribution in [0.5, 0.6) is 0 Å². The van der Waals surface area contributed by atoms with Gasteiger partial charge in [-0.25, -0.2) is 0 Å². The highest BCUT2D eigenvalue weighted by atomic mass is 16.4. The smallest absolute Gasteiger partial charge is 0.320 e. The largest absolute Gasteiger partial charge is 0.480 e. The molecule has 0 heterocycles. The molecule has 4 nitrogen and oxygen atoms in total. The van der Waals surface area contributed by atoms with E-state index < -0.39 is 18.1 Å². The maximum Gasteiger partial charge on any atom is 0.320 e. The predicted octanol–water partition coefficient (Wildman–Crippen LogP) is -0.182. The zero-order chi connectivity index (χ0) is 9.02. The third-order valence-corrected chi connectivity index (χ3v) is 1.61. The summed E-state index contributed by atoms with van der Waals surface area (Å²) in [5, 5.41) is 20.2. The van der Waals surface area contributed by atoms with Crippen LogP contribution in [-0.2, 0) is 4.79 Å². The number of carboxylic acid groups (broad SMARTS) is 1. The summed E-state index contributed by atoms with van der Waals surface area (Å²) in [5.41, 5.74) is 0.